The van der Waals surface area contributed by atoms with Crippen LogP contribution in [-0.4, -0.2) is 8.11 Å². The van der Waals surface area contributed by atoms with E-state index in [0.717, 1.165) is 0 Å². The van der Waals surface area contributed by atoms with E-state index in [0.29, 0.717) is 0 Å². The fourth-order valence-corrected chi connectivity index (χ4v) is 0. The first-order valence-electron chi connectivity index (χ1n) is 2.87. The first kappa shape index (κ1) is 22.8. The molecule has 0 bridgehead atoms. The Morgan fingerprint density at radius 1 is 1.10 bits per heavy atom. The third-order valence-electron chi connectivity index (χ3n) is 0. The zero-order valence-electron chi connectivity index (χ0n) is 7.86. The van der Waals surface area contributed by atoms with Gasteiger partial charge in [-0.15, -0.1) is 24.0 Å². The summed E-state index contributed by atoms with van der Waals surface area (Å²) in [4.78, 5) is 0. The molecule has 0 spiro atoms. The molecule has 0 unspecified atom stereocenters. The maximum Gasteiger partial charge on any atom is 1.00 e. The van der Waals surface area contributed by atoms with E-state index in [1.807, 2.05) is 0 Å². The average molecular weight is 303 g/mol. The summed E-state index contributed by atoms with van der Waals surface area (Å²) in [5, 5.41) is 0. The minimum atomic E-state index is -0.667. The number of hydrogen-bond acceptors (Lipinski definition) is 0. The Balaban J connectivity index is -0.0000000300. The van der Waals surface area contributed by atoms with Gasteiger partial charge in [-0.05, 0) is 0 Å². The third kappa shape index (κ3) is 175. The van der Waals surface area contributed by atoms with Gasteiger partial charge >= 0.3 is 29.6 Å². The van der Waals surface area contributed by atoms with Gasteiger partial charge in [-0.2, -0.15) is 31.9 Å². The molecule has 0 aromatic heterocycles. The van der Waals surface area contributed by atoms with Crippen molar-refractivity contribution in [2.24, 2.45) is 0 Å². The number of hydrogen-bond donors (Lipinski definition) is 0. The van der Waals surface area contributed by atoms with Crippen molar-refractivity contribution in [3.8, 4) is 0 Å². The standard InChI is InChI=1S/C4H9.C2H7ClSi.HI.Na/c2*1-4(2)3;;/h1-3H3;4H,1-2H3;1H;/q-1;;;+1. The van der Waals surface area contributed by atoms with E-state index in [9.17, 15) is 0 Å². The Morgan fingerprint density at radius 2 is 1.10 bits per heavy atom. The Labute approximate surface area is 111 Å². The minimum absolute atomic E-state index is 0. The summed E-state index contributed by atoms with van der Waals surface area (Å²) in [6.07, 6.45) is 0. The maximum atomic E-state index is 5.41. The predicted molar refractivity (Wildman–Crippen MR) is 60.4 cm³/mol. The van der Waals surface area contributed by atoms with Crippen molar-refractivity contribution in [3.05, 3.63) is 5.92 Å². The average Bonchev–Trinajstić information content (AvgIpc) is 1.25. The van der Waals surface area contributed by atoms with Crippen LogP contribution in [-0.2, 0) is 0 Å². The van der Waals surface area contributed by atoms with E-state index in [1.54, 1.807) is 0 Å². The molecule has 0 radical (unpaired) electrons. The summed E-state index contributed by atoms with van der Waals surface area (Å²) in [5.74, 6) is 1.42. The van der Waals surface area contributed by atoms with E-state index >= 15 is 0 Å². The molecule has 0 fully saturated rings. The van der Waals surface area contributed by atoms with Crippen LogP contribution in [0.4, 0.5) is 0 Å². The van der Waals surface area contributed by atoms with Crippen LogP contribution >= 0.6 is 35.1 Å². The fraction of sp³-hybridized carbons (Fsp3) is 0.833. The molecule has 0 aromatic rings. The molecule has 4 heteroatoms. The van der Waals surface area contributed by atoms with Crippen LogP contribution in [0.25, 0.3) is 0 Å². The van der Waals surface area contributed by atoms with Gasteiger partial charge in [-0.3, -0.25) is 0 Å². The van der Waals surface area contributed by atoms with Crippen LogP contribution in [0.15, 0.2) is 0 Å². The van der Waals surface area contributed by atoms with Gasteiger partial charge in [0.15, 0.2) is 0 Å². The van der Waals surface area contributed by atoms with Crippen molar-refractivity contribution in [2.45, 2.75) is 33.9 Å². The van der Waals surface area contributed by atoms with Gasteiger partial charge in [0.25, 0.3) is 0 Å². The van der Waals surface area contributed by atoms with Crippen LogP contribution in [0.2, 0.25) is 13.1 Å². The summed E-state index contributed by atoms with van der Waals surface area (Å²) in [6, 6.07) is 0. The van der Waals surface area contributed by atoms with Crippen LogP contribution in [0.3, 0.4) is 0 Å². The summed E-state index contributed by atoms with van der Waals surface area (Å²) in [7, 11) is -0.667. The largest absolute Gasteiger partial charge is 1.00 e. The zero-order chi connectivity index (χ0) is 7.15. The van der Waals surface area contributed by atoms with E-state index in [-0.39, 0.29) is 53.5 Å². The predicted octanol–water partition coefficient (Wildman–Crippen LogP) is 0.451. The van der Waals surface area contributed by atoms with E-state index < -0.39 is 8.11 Å². The second kappa shape index (κ2) is 17.4. The van der Waals surface area contributed by atoms with Crippen molar-refractivity contribution in [3.63, 3.8) is 0 Å². The molecule has 0 N–H and O–H groups in total. The molecule has 0 aliphatic carbocycles. The van der Waals surface area contributed by atoms with E-state index in [4.69, 9.17) is 11.1 Å². The molecular formula is C6H17ClINaSi. The molecule has 60 valence electrons. The van der Waals surface area contributed by atoms with Crippen molar-refractivity contribution in [2.75, 3.05) is 0 Å². The molecular weight excluding hydrogens is 285 g/mol. The number of halogens is 2. The van der Waals surface area contributed by atoms with Crippen LogP contribution in [0, 0.1) is 5.92 Å². The maximum absolute atomic E-state index is 5.41. The van der Waals surface area contributed by atoms with Gasteiger partial charge in [-0.25, -0.2) is 0 Å². The monoisotopic (exact) mass is 302 g/mol. The molecule has 0 aliphatic heterocycles. The van der Waals surface area contributed by atoms with E-state index in [2.05, 4.69) is 33.9 Å². The second-order valence-corrected chi connectivity index (χ2v) is 7.16. The summed E-state index contributed by atoms with van der Waals surface area (Å²) >= 11 is 5.41. The summed E-state index contributed by atoms with van der Waals surface area (Å²) in [5.41, 5.74) is 0. The zero-order valence-corrected chi connectivity index (χ0v) is 14.1. The van der Waals surface area contributed by atoms with Crippen molar-refractivity contribution in [1.82, 2.24) is 0 Å². The molecule has 0 atom stereocenters. The van der Waals surface area contributed by atoms with Gasteiger partial charge in [0.1, 0.15) is 8.11 Å². The van der Waals surface area contributed by atoms with Gasteiger partial charge in [-0.1, -0.05) is 13.1 Å². The van der Waals surface area contributed by atoms with Crippen molar-refractivity contribution < 1.29 is 29.6 Å². The fourth-order valence-electron chi connectivity index (χ4n) is 0. The normalized spacial score (nSPS) is 7.20. The van der Waals surface area contributed by atoms with Gasteiger partial charge < -0.3 is 5.92 Å². The van der Waals surface area contributed by atoms with Gasteiger partial charge in [0.05, 0.1) is 0 Å². The quantitative estimate of drug-likeness (QED) is 0.264. The van der Waals surface area contributed by atoms with E-state index in [1.165, 1.54) is 5.92 Å². The SMILES string of the molecule is C[C-](C)C.C[SiH](C)Cl.I.[Na+]. The Kier molecular flexibility index (Phi) is 39.5. The molecule has 0 saturated heterocycles. The van der Waals surface area contributed by atoms with Gasteiger partial charge in [0.2, 0.25) is 0 Å². The van der Waals surface area contributed by atoms with Crippen molar-refractivity contribution in [1.29, 1.82) is 0 Å². The van der Waals surface area contributed by atoms with Crippen LogP contribution in [0.1, 0.15) is 20.8 Å². The smallest absolute Gasteiger partial charge is 0.323 e. The van der Waals surface area contributed by atoms with Crippen molar-refractivity contribution >= 4 is 43.2 Å². The minimum Gasteiger partial charge on any atom is -0.323 e. The Hall–Kier alpha value is 2.24. The molecule has 10 heavy (non-hydrogen) atoms. The first-order chi connectivity index (χ1) is 3.46. The molecule has 0 saturated carbocycles. The topological polar surface area (TPSA) is 0 Å². The van der Waals surface area contributed by atoms with Gasteiger partial charge in [0, 0.05) is 0 Å². The summed E-state index contributed by atoms with van der Waals surface area (Å²) in [6.45, 7) is 10.4. The molecule has 0 heterocycles. The number of rotatable bonds is 0. The summed E-state index contributed by atoms with van der Waals surface area (Å²) < 4.78 is 0. The molecule has 0 rings (SSSR count). The molecule has 0 aliphatic rings. The molecule has 0 aromatic carbocycles. The molecule has 0 nitrogen and oxygen atoms in total. The Bertz CT molecular complexity index is 33.2. The Morgan fingerprint density at radius 3 is 1.10 bits per heavy atom. The second-order valence-electron chi connectivity index (χ2n) is 2.51. The molecule has 0 amide bonds. The first-order valence-corrected chi connectivity index (χ1v) is 6.93. The van der Waals surface area contributed by atoms with Crippen LogP contribution < -0.4 is 29.6 Å². The third-order valence-corrected chi connectivity index (χ3v) is 0. The van der Waals surface area contributed by atoms with Crippen LogP contribution in [0.5, 0.6) is 0 Å².